The fourth-order valence-corrected chi connectivity index (χ4v) is 2.38. The van der Waals surface area contributed by atoms with Crippen LogP contribution >= 0.6 is 0 Å². The number of nitrogens with one attached hydrogen (secondary N) is 2. The largest absolute Gasteiger partial charge is 0.385 e. The quantitative estimate of drug-likeness (QED) is 0.726. The van der Waals surface area contributed by atoms with Gasteiger partial charge in [0.05, 0.1) is 0 Å². The summed E-state index contributed by atoms with van der Waals surface area (Å²) >= 11 is 0. The molecular formula is C20H24N2O3. The number of benzene rings is 2. The van der Waals surface area contributed by atoms with Crippen LogP contribution in [0.15, 0.2) is 48.5 Å². The Hall–Kier alpha value is -2.66. The van der Waals surface area contributed by atoms with E-state index in [-0.39, 0.29) is 11.8 Å². The van der Waals surface area contributed by atoms with Gasteiger partial charge in [0.2, 0.25) is 0 Å². The average molecular weight is 340 g/mol. The molecule has 132 valence electrons. The van der Waals surface area contributed by atoms with E-state index in [0.29, 0.717) is 30.8 Å². The number of amides is 2. The number of methoxy groups -OCH3 is 1. The minimum absolute atomic E-state index is 0.150. The van der Waals surface area contributed by atoms with Gasteiger partial charge in [-0.05, 0) is 48.7 Å². The molecule has 0 aliphatic carbocycles. The zero-order chi connectivity index (χ0) is 18.1. The molecule has 0 saturated carbocycles. The third-order valence-corrected chi connectivity index (χ3v) is 3.92. The summed E-state index contributed by atoms with van der Waals surface area (Å²) in [5.41, 5.74) is 3.29. The van der Waals surface area contributed by atoms with E-state index in [0.717, 1.165) is 17.5 Å². The van der Waals surface area contributed by atoms with Crippen molar-refractivity contribution in [3.05, 3.63) is 70.8 Å². The van der Waals surface area contributed by atoms with Crippen LogP contribution in [0.3, 0.4) is 0 Å². The van der Waals surface area contributed by atoms with E-state index in [1.54, 1.807) is 31.4 Å². The first kappa shape index (κ1) is 18.7. The van der Waals surface area contributed by atoms with E-state index in [9.17, 15) is 9.59 Å². The average Bonchev–Trinajstić information content (AvgIpc) is 2.64. The third kappa shape index (κ3) is 5.72. The van der Waals surface area contributed by atoms with E-state index in [1.165, 1.54) is 0 Å². The van der Waals surface area contributed by atoms with Crippen molar-refractivity contribution in [2.75, 3.05) is 20.3 Å². The first-order chi connectivity index (χ1) is 12.1. The summed E-state index contributed by atoms with van der Waals surface area (Å²) in [5.74, 6) is -0.307. The van der Waals surface area contributed by atoms with Crippen molar-refractivity contribution in [3.8, 4) is 0 Å². The summed E-state index contributed by atoms with van der Waals surface area (Å²) in [6, 6.07) is 14.6. The Bertz CT molecular complexity index is 711. The smallest absolute Gasteiger partial charge is 0.251 e. The standard InChI is InChI=1S/C20H24N2O3/c1-15-6-3-4-7-18(15)14-22-20(24)17-10-8-16(9-11-17)19(23)21-12-5-13-25-2/h3-4,6-11H,5,12-14H2,1-2H3,(H,21,23)(H,22,24). The van der Waals surface area contributed by atoms with Gasteiger partial charge in [-0.1, -0.05) is 24.3 Å². The number of carbonyl (C=O) groups excluding carboxylic acids is 2. The lowest BCUT2D eigenvalue weighted by atomic mass is 10.1. The zero-order valence-corrected chi connectivity index (χ0v) is 14.7. The zero-order valence-electron chi connectivity index (χ0n) is 14.7. The number of ether oxygens (including phenoxy) is 1. The highest BCUT2D eigenvalue weighted by molar-refractivity contribution is 5.97. The Kier molecular flexibility index (Phi) is 7.16. The predicted octanol–water partition coefficient (Wildman–Crippen LogP) is 2.69. The molecule has 5 heteroatoms. The van der Waals surface area contributed by atoms with Crippen LogP contribution in [0.4, 0.5) is 0 Å². The normalized spacial score (nSPS) is 10.3. The highest BCUT2D eigenvalue weighted by Gasteiger charge is 2.09. The second-order valence-electron chi connectivity index (χ2n) is 5.79. The molecule has 2 rings (SSSR count). The second kappa shape index (κ2) is 9.59. The van der Waals surface area contributed by atoms with Crippen molar-refractivity contribution in [2.45, 2.75) is 19.9 Å². The van der Waals surface area contributed by atoms with E-state index in [1.807, 2.05) is 31.2 Å². The molecule has 2 aromatic rings. The minimum atomic E-state index is -0.157. The van der Waals surface area contributed by atoms with Gasteiger partial charge >= 0.3 is 0 Å². The summed E-state index contributed by atoms with van der Waals surface area (Å²) in [5, 5.41) is 5.72. The van der Waals surface area contributed by atoms with Crippen molar-refractivity contribution in [2.24, 2.45) is 0 Å². The molecule has 0 radical (unpaired) electrons. The fraction of sp³-hybridized carbons (Fsp3) is 0.300. The molecule has 0 heterocycles. The summed E-state index contributed by atoms with van der Waals surface area (Å²) in [6.07, 6.45) is 0.766. The molecule has 0 aromatic heterocycles. The van der Waals surface area contributed by atoms with Gasteiger partial charge in [-0.2, -0.15) is 0 Å². The summed E-state index contributed by atoms with van der Waals surface area (Å²) in [7, 11) is 1.63. The summed E-state index contributed by atoms with van der Waals surface area (Å²) < 4.78 is 4.94. The van der Waals surface area contributed by atoms with Crippen molar-refractivity contribution in [1.82, 2.24) is 10.6 Å². The van der Waals surface area contributed by atoms with Gasteiger partial charge in [-0.25, -0.2) is 0 Å². The molecule has 0 unspecified atom stereocenters. The lowest BCUT2D eigenvalue weighted by molar-refractivity contribution is 0.0937. The maximum Gasteiger partial charge on any atom is 0.251 e. The van der Waals surface area contributed by atoms with Gasteiger partial charge in [0, 0.05) is 37.9 Å². The van der Waals surface area contributed by atoms with Gasteiger partial charge in [0.1, 0.15) is 0 Å². The van der Waals surface area contributed by atoms with Gasteiger partial charge in [-0.15, -0.1) is 0 Å². The Morgan fingerprint density at radius 3 is 2.12 bits per heavy atom. The monoisotopic (exact) mass is 340 g/mol. The molecule has 0 bridgehead atoms. The Morgan fingerprint density at radius 1 is 0.920 bits per heavy atom. The van der Waals surface area contributed by atoms with E-state index in [2.05, 4.69) is 10.6 Å². The molecule has 5 nitrogen and oxygen atoms in total. The second-order valence-corrected chi connectivity index (χ2v) is 5.79. The van der Waals surface area contributed by atoms with Crippen molar-refractivity contribution < 1.29 is 14.3 Å². The summed E-state index contributed by atoms with van der Waals surface area (Å²) in [4.78, 5) is 24.2. The Morgan fingerprint density at radius 2 is 1.52 bits per heavy atom. The van der Waals surface area contributed by atoms with Crippen LogP contribution < -0.4 is 10.6 Å². The Balaban J connectivity index is 1.87. The third-order valence-electron chi connectivity index (χ3n) is 3.92. The molecule has 0 aliphatic rings. The van der Waals surface area contributed by atoms with Gasteiger partial charge < -0.3 is 15.4 Å². The van der Waals surface area contributed by atoms with Crippen molar-refractivity contribution in [1.29, 1.82) is 0 Å². The van der Waals surface area contributed by atoms with E-state index >= 15 is 0 Å². The minimum Gasteiger partial charge on any atom is -0.385 e. The molecule has 0 fully saturated rings. The van der Waals surface area contributed by atoms with Crippen LogP contribution in [-0.2, 0) is 11.3 Å². The first-order valence-corrected chi connectivity index (χ1v) is 8.31. The highest BCUT2D eigenvalue weighted by Crippen LogP contribution is 2.08. The number of hydrogen-bond acceptors (Lipinski definition) is 3. The number of rotatable bonds is 8. The van der Waals surface area contributed by atoms with Crippen LogP contribution in [0.2, 0.25) is 0 Å². The Labute approximate surface area is 148 Å². The van der Waals surface area contributed by atoms with Crippen LogP contribution in [0.1, 0.15) is 38.3 Å². The van der Waals surface area contributed by atoms with E-state index < -0.39 is 0 Å². The predicted molar refractivity (Wildman–Crippen MR) is 97.6 cm³/mol. The molecule has 2 N–H and O–H groups in total. The van der Waals surface area contributed by atoms with Crippen molar-refractivity contribution >= 4 is 11.8 Å². The van der Waals surface area contributed by atoms with Crippen molar-refractivity contribution in [3.63, 3.8) is 0 Å². The highest BCUT2D eigenvalue weighted by atomic mass is 16.5. The lowest BCUT2D eigenvalue weighted by Crippen LogP contribution is -2.26. The number of aryl methyl sites for hydroxylation is 1. The number of carbonyl (C=O) groups is 2. The maximum absolute atomic E-state index is 12.2. The molecule has 2 aromatic carbocycles. The topological polar surface area (TPSA) is 67.4 Å². The number of hydrogen-bond donors (Lipinski definition) is 2. The molecule has 2 amide bonds. The van der Waals surface area contributed by atoms with Gasteiger partial charge in [0.25, 0.3) is 11.8 Å². The molecular weight excluding hydrogens is 316 g/mol. The molecule has 0 spiro atoms. The van der Waals surface area contributed by atoms with Crippen LogP contribution in [-0.4, -0.2) is 32.1 Å². The fourth-order valence-electron chi connectivity index (χ4n) is 2.38. The molecule has 0 aliphatic heterocycles. The van der Waals surface area contributed by atoms with Crippen LogP contribution in [0.5, 0.6) is 0 Å². The molecule has 25 heavy (non-hydrogen) atoms. The SMILES string of the molecule is COCCCNC(=O)c1ccc(C(=O)NCc2ccccc2C)cc1. The summed E-state index contributed by atoms with van der Waals surface area (Å²) in [6.45, 7) is 3.67. The van der Waals surface area contributed by atoms with Gasteiger partial charge in [0.15, 0.2) is 0 Å². The molecule has 0 atom stereocenters. The van der Waals surface area contributed by atoms with Crippen LogP contribution in [0.25, 0.3) is 0 Å². The first-order valence-electron chi connectivity index (χ1n) is 8.31. The molecule has 0 saturated heterocycles. The van der Waals surface area contributed by atoms with Gasteiger partial charge in [-0.3, -0.25) is 9.59 Å². The lowest BCUT2D eigenvalue weighted by Gasteiger charge is -2.09. The van der Waals surface area contributed by atoms with Crippen LogP contribution in [0, 0.1) is 6.92 Å². The van der Waals surface area contributed by atoms with E-state index in [4.69, 9.17) is 4.74 Å². The maximum atomic E-state index is 12.2.